The molecule has 2 aromatic rings. The van der Waals surface area contributed by atoms with Crippen molar-refractivity contribution < 1.29 is 0 Å². The molecular weight excluding hydrogens is 252 g/mol. The zero-order valence-corrected chi connectivity index (χ0v) is 11.5. The van der Waals surface area contributed by atoms with Gasteiger partial charge in [0.2, 0.25) is 0 Å². The number of guanidine groups is 1. The summed E-state index contributed by atoms with van der Waals surface area (Å²) in [6.45, 7) is 0.585. The second-order valence-electron chi connectivity index (χ2n) is 4.80. The van der Waals surface area contributed by atoms with E-state index in [4.69, 9.17) is 0 Å². The molecule has 1 saturated carbocycles. The van der Waals surface area contributed by atoms with E-state index in [9.17, 15) is 0 Å². The van der Waals surface area contributed by atoms with Gasteiger partial charge >= 0.3 is 0 Å². The first kappa shape index (κ1) is 12.7. The summed E-state index contributed by atoms with van der Waals surface area (Å²) < 4.78 is 1.97. The van der Waals surface area contributed by atoms with Crippen molar-refractivity contribution in [3.8, 4) is 5.69 Å². The van der Waals surface area contributed by atoms with E-state index in [1.165, 1.54) is 12.8 Å². The van der Waals surface area contributed by atoms with Crippen molar-refractivity contribution in [2.24, 2.45) is 4.99 Å². The van der Waals surface area contributed by atoms with E-state index < -0.39 is 0 Å². The third kappa shape index (κ3) is 2.96. The highest BCUT2D eigenvalue weighted by molar-refractivity contribution is 5.80. The molecule has 1 aromatic heterocycles. The van der Waals surface area contributed by atoms with Gasteiger partial charge in [-0.25, -0.2) is 0 Å². The quantitative estimate of drug-likeness (QED) is 0.645. The molecular formula is C14H18N6. The van der Waals surface area contributed by atoms with Crippen molar-refractivity contribution in [2.75, 3.05) is 7.05 Å². The zero-order valence-electron chi connectivity index (χ0n) is 11.5. The highest BCUT2D eigenvalue weighted by atomic mass is 15.3. The molecule has 104 valence electrons. The summed E-state index contributed by atoms with van der Waals surface area (Å²) in [5, 5.41) is 14.8. The van der Waals surface area contributed by atoms with Gasteiger partial charge in [-0.2, -0.15) is 0 Å². The summed E-state index contributed by atoms with van der Waals surface area (Å²) >= 11 is 0. The minimum Gasteiger partial charge on any atom is -0.354 e. The van der Waals surface area contributed by atoms with E-state index in [2.05, 4.69) is 25.8 Å². The number of aromatic nitrogens is 3. The van der Waals surface area contributed by atoms with Gasteiger partial charge in [-0.05, 0) is 25.0 Å². The second-order valence-corrected chi connectivity index (χ2v) is 4.80. The van der Waals surface area contributed by atoms with Gasteiger partial charge in [0.25, 0.3) is 0 Å². The van der Waals surface area contributed by atoms with Crippen LogP contribution in [0.15, 0.2) is 41.7 Å². The monoisotopic (exact) mass is 270 g/mol. The molecule has 0 amide bonds. The Kier molecular flexibility index (Phi) is 3.62. The molecule has 0 aliphatic heterocycles. The minimum atomic E-state index is 0.577. The SMILES string of the molecule is CN=C(NCc1nncn1-c1ccccc1)NC1CC1. The number of para-hydroxylation sites is 1. The summed E-state index contributed by atoms with van der Waals surface area (Å²) in [5.41, 5.74) is 1.06. The van der Waals surface area contributed by atoms with Crippen LogP contribution in [0.25, 0.3) is 5.69 Å². The van der Waals surface area contributed by atoms with E-state index in [-0.39, 0.29) is 0 Å². The van der Waals surface area contributed by atoms with Gasteiger partial charge in [0.05, 0.1) is 6.54 Å². The predicted molar refractivity (Wildman–Crippen MR) is 77.7 cm³/mol. The van der Waals surface area contributed by atoms with Gasteiger partial charge in [-0.1, -0.05) is 18.2 Å². The van der Waals surface area contributed by atoms with Crippen LogP contribution in [-0.2, 0) is 6.54 Å². The maximum atomic E-state index is 4.21. The molecule has 0 saturated heterocycles. The molecule has 0 atom stereocenters. The maximum Gasteiger partial charge on any atom is 0.191 e. The first-order chi connectivity index (χ1) is 9.86. The molecule has 1 aromatic carbocycles. The molecule has 1 heterocycles. The third-order valence-corrected chi connectivity index (χ3v) is 3.21. The van der Waals surface area contributed by atoms with Crippen molar-refractivity contribution in [3.63, 3.8) is 0 Å². The molecule has 0 unspecified atom stereocenters. The minimum absolute atomic E-state index is 0.577. The molecule has 6 nitrogen and oxygen atoms in total. The van der Waals surface area contributed by atoms with Crippen molar-refractivity contribution in [1.82, 2.24) is 25.4 Å². The van der Waals surface area contributed by atoms with Crippen molar-refractivity contribution >= 4 is 5.96 Å². The van der Waals surface area contributed by atoms with E-state index >= 15 is 0 Å². The standard InChI is InChI=1S/C14H18N6/c1-15-14(18-11-7-8-11)16-9-13-19-17-10-20(13)12-5-3-2-4-6-12/h2-6,10-11H,7-9H2,1H3,(H2,15,16,18). The number of rotatable bonds is 4. The summed E-state index contributed by atoms with van der Waals surface area (Å²) in [6, 6.07) is 10.6. The predicted octanol–water partition coefficient (Wildman–Crippen LogP) is 1.09. The lowest BCUT2D eigenvalue weighted by Crippen LogP contribution is -2.38. The summed E-state index contributed by atoms with van der Waals surface area (Å²) in [4.78, 5) is 4.21. The van der Waals surface area contributed by atoms with Gasteiger partial charge < -0.3 is 10.6 Å². The van der Waals surface area contributed by atoms with Crippen LogP contribution in [-0.4, -0.2) is 33.8 Å². The number of hydrogen-bond donors (Lipinski definition) is 2. The molecule has 20 heavy (non-hydrogen) atoms. The fourth-order valence-corrected chi connectivity index (χ4v) is 1.96. The highest BCUT2D eigenvalue weighted by Crippen LogP contribution is 2.18. The van der Waals surface area contributed by atoms with Crippen LogP contribution in [0.2, 0.25) is 0 Å². The lowest BCUT2D eigenvalue weighted by Gasteiger charge is -2.11. The Balaban J connectivity index is 1.67. The molecule has 0 bridgehead atoms. The number of hydrogen-bond acceptors (Lipinski definition) is 3. The fraction of sp³-hybridized carbons (Fsp3) is 0.357. The Bertz CT molecular complexity index is 585. The molecule has 1 aliphatic rings. The first-order valence-corrected chi connectivity index (χ1v) is 6.78. The Morgan fingerprint density at radius 2 is 2.15 bits per heavy atom. The van der Waals surface area contributed by atoms with E-state index in [1.54, 1.807) is 13.4 Å². The second kappa shape index (κ2) is 5.73. The average Bonchev–Trinajstić information content (AvgIpc) is 3.19. The largest absolute Gasteiger partial charge is 0.354 e. The molecule has 0 spiro atoms. The van der Waals surface area contributed by atoms with Gasteiger partial charge in [-0.15, -0.1) is 10.2 Å². The number of nitrogens with one attached hydrogen (secondary N) is 2. The number of aliphatic imine (C=N–C) groups is 1. The summed E-state index contributed by atoms with van der Waals surface area (Å²) in [7, 11) is 1.78. The van der Waals surface area contributed by atoms with Gasteiger partial charge in [0, 0.05) is 18.8 Å². The fourth-order valence-electron chi connectivity index (χ4n) is 1.96. The van der Waals surface area contributed by atoms with Crippen LogP contribution in [0.5, 0.6) is 0 Å². The molecule has 3 rings (SSSR count). The van der Waals surface area contributed by atoms with Gasteiger partial charge in [0.15, 0.2) is 11.8 Å². The van der Waals surface area contributed by atoms with E-state index in [1.807, 2.05) is 34.9 Å². The topological polar surface area (TPSA) is 67.1 Å². The van der Waals surface area contributed by atoms with Crippen molar-refractivity contribution in [2.45, 2.75) is 25.4 Å². The van der Waals surface area contributed by atoms with Gasteiger partial charge in [-0.3, -0.25) is 9.56 Å². The number of benzene rings is 1. The lowest BCUT2D eigenvalue weighted by atomic mass is 10.3. The Morgan fingerprint density at radius 1 is 1.35 bits per heavy atom. The van der Waals surface area contributed by atoms with Crippen LogP contribution >= 0.6 is 0 Å². The average molecular weight is 270 g/mol. The smallest absolute Gasteiger partial charge is 0.191 e. The Labute approximate surface area is 117 Å². The Morgan fingerprint density at radius 3 is 2.85 bits per heavy atom. The summed E-state index contributed by atoms with van der Waals surface area (Å²) in [6.07, 6.45) is 4.17. The molecule has 1 aliphatic carbocycles. The normalized spacial score (nSPS) is 15.2. The maximum absolute atomic E-state index is 4.21. The van der Waals surface area contributed by atoms with Crippen LogP contribution in [0.1, 0.15) is 18.7 Å². The van der Waals surface area contributed by atoms with E-state index in [0.717, 1.165) is 17.5 Å². The zero-order chi connectivity index (χ0) is 13.8. The highest BCUT2D eigenvalue weighted by Gasteiger charge is 2.22. The molecule has 2 N–H and O–H groups in total. The number of nitrogens with zero attached hydrogens (tertiary/aromatic N) is 4. The van der Waals surface area contributed by atoms with Gasteiger partial charge in [0.1, 0.15) is 6.33 Å². The summed E-state index contributed by atoms with van der Waals surface area (Å²) in [5.74, 6) is 1.67. The van der Waals surface area contributed by atoms with Crippen molar-refractivity contribution in [3.05, 3.63) is 42.5 Å². The molecule has 6 heteroatoms. The lowest BCUT2D eigenvalue weighted by molar-refractivity contribution is 0.752. The van der Waals surface area contributed by atoms with Crippen LogP contribution in [0.4, 0.5) is 0 Å². The van der Waals surface area contributed by atoms with Crippen LogP contribution in [0.3, 0.4) is 0 Å². The first-order valence-electron chi connectivity index (χ1n) is 6.78. The van der Waals surface area contributed by atoms with Crippen molar-refractivity contribution in [1.29, 1.82) is 0 Å². The molecule has 0 radical (unpaired) electrons. The third-order valence-electron chi connectivity index (χ3n) is 3.21. The molecule has 1 fully saturated rings. The van der Waals surface area contributed by atoms with Crippen LogP contribution < -0.4 is 10.6 Å². The van der Waals surface area contributed by atoms with Crippen LogP contribution in [0, 0.1) is 0 Å². The van der Waals surface area contributed by atoms with E-state index in [0.29, 0.717) is 12.6 Å². The Hall–Kier alpha value is -2.37.